The van der Waals surface area contributed by atoms with Crippen molar-refractivity contribution in [3.63, 3.8) is 0 Å². The maximum Gasteiger partial charge on any atom is 0.261 e. The highest BCUT2D eigenvalue weighted by molar-refractivity contribution is 9.10. The molecule has 1 heterocycles. The Kier molecular flexibility index (Phi) is 6.22. The molecule has 1 amide bonds. The van der Waals surface area contributed by atoms with Gasteiger partial charge in [0.2, 0.25) is 0 Å². The molecule has 6 aromatic rings. The minimum absolute atomic E-state index is 0.155. The predicted octanol–water partition coefficient (Wildman–Crippen LogP) is 6.62. The molecule has 0 aliphatic carbocycles. The Labute approximate surface area is 231 Å². The Balaban J connectivity index is 1.24. The number of nitrogens with one attached hydrogen (secondary N) is 2. The number of hydrogen-bond acceptors (Lipinski definition) is 5. The Bertz CT molecular complexity index is 1880. The van der Waals surface area contributed by atoms with Crippen molar-refractivity contribution < 1.29 is 9.53 Å². The molecule has 6 rings (SSSR count). The summed E-state index contributed by atoms with van der Waals surface area (Å²) >= 11 is 9.01. The maximum atomic E-state index is 13.1. The molecular formula is C29H20BrN5O2S. The summed E-state index contributed by atoms with van der Waals surface area (Å²) < 4.78 is 6.24. The van der Waals surface area contributed by atoms with Crippen LogP contribution < -0.4 is 15.4 Å². The molecule has 2 N–H and O–H groups in total. The second-order valence-corrected chi connectivity index (χ2v) is 9.79. The maximum absolute atomic E-state index is 13.1. The van der Waals surface area contributed by atoms with Crippen LogP contribution in [0.5, 0.6) is 5.75 Å². The van der Waals surface area contributed by atoms with Crippen LogP contribution in [-0.2, 0) is 0 Å². The van der Waals surface area contributed by atoms with E-state index < -0.39 is 0 Å². The molecule has 1 aromatic heterocycles. The first kappa shape index (κ1) is 24.0. The Morgan fingerprint density at radius 2 is 1.58 bits per heavy atom. The summed E-state index contributed by atoms with van der Waals surface area (Å²) in [6.45, 7) is 0. The van der Waals surface area contributed by atoms with Crippen LogP contribution in [0, 0.1) is 0 Å². The van der Waals surface area contributed by atoms with Crippen molar-refractivity contribution in [3.05, 3.63) is 101 Å². The van der Waals surface area contributed by atoms with Crippen LogP contribution in [-0.4, -0.2) is 33.1 Å². The summed E-state index contributed by atoms with van der Waals surface area (Å²) in [5.74, 6) is 0.0595. The van der Waals surface area contributed by atoms with E-state index in [9.17, 15) is 4.79 Å². The monoisotopic (exact) mass is 581 g/mol. The third-order valence-corrected chi connectivity index (χ3v) is 7.23. The van der Waals surface area contributed by atoms with E-state index >= 15 is 0 Å². The molecule has 0 fully saturated rings. The first-order valence-corrected chi connectivity index (χ1v) is 12.9. The zero-order chi connectivity index (χ0) is 26.2. The van der Waals surface area contributed by atoms with Gasteiger partial charge >= 0.3 is 0 Å². The number of anilines is 1. The number of aromatic nitrogens is 3. The van der Waals surface area contributed by atoms with Crippen molar-refractivity contribution >= 4 is 77.4 Å². The Morgan fingerprint density at radius 3 is 2.39 bits per heavy atom. The number of fused-ring (bicyclic) bond motifs is 3. The molecule has 9 heteroatoms. The molecule has 0 radical (unpaired) electrons. The van der Waals surface area contributed by atoms with Crippen molar-refractivity contribution in [1.82, 2.24) is 20.3 Å². The zero-order valence-electron chi connectivity index (χ0n) is 20.1. The van der Waals surface area contributed by atoms with Gasteiger partial charge in [-0.05, 0) is 74.6 Å². The van der Waals surface area contributed by atoms with Gasteiger partial charge in [-0.1, -0.05) is 60.7 Å². The average molecular weight is 582 g/mol. The normalized spacial score (nSPS) is 11.1. The van der Waals surface area contributed by atoms with Gasteiger partial charge in [0.15, 0.2) is 5.11 Å². The van der Waals surface area contributed by atoms with E-state index in [0.717, 1.165) is 32.7 Å². The van der Waals surface area contributed by atoms with E-state index in [1.165, 1.54) is 7.11 Å². The van der Waals surface area contributed by atoms with Crippen LogP contribution >= 0.6 is 28.1 Å². The summed E-state index contributed by atoms with van der Waals surface area (Å²) in [5.41, 5.74) is 3.38. The smallest absolute Gasteiger partial charge is 0.261 e. The molecule has 38 heavy (non-hydrogen) atoms. The van der Waals surface area contributed by atoms with Gasteiger partial charge < -0.3 is 10.1 Å². The number of hydrogen-bond donors (Lipinski definition) is 2. The fourth-order valence-corrected chi connectivity index (χ4v) is 5.42. The van der Waals surface area contributed by atoms with Crippen LogP contribution in [0.15, 0.2) is 95.5 Å². The largest absolute Gasteiger partial charge is 0.495 e. The number of halogens is 1. The van der Waals surface area contributed by atoms with Crippen LogP contribution in [0.2, 0.25) is 0 Å². The number of ether oxygens (including phenoxy) is 1. The Hall–Kier alpha value is -4.34. The third-order valence-electron chi connectivity index (χ3n) is 6.24. The molecule has 0 atom stereocenters. The molecule has 7 nitrogen and oxygen atoms in total. The molecule has 5 aromatic carbocycles. The minimum Gasteiger partial charge on any atom is -0.495 e. The van der Waals surface area contributed by atoms with Crippen molar-refractivity contribution in [1.29, 1.82) is 0 Å². The van der Waals surface area contributed by atoms with E-state index in [2.05, 4.69) is 55.0 Å². The second kappa shape index (κ2) is 9.85. The number of carbonyl (C=O) groups excluding carboxylic acids is 1. The first-order valence-electron chi connectivity index (χ1n) is 11.7. The van der Waals surface area contributed by atoms with Gasteiger partial charge in [0.1, 0.15) is 16.8 Å². The highest BCUT2D eigenvalue weighted by atomic mass is 79.9. The summed E-state index contributed by atoms with van der Waals surface area (Å²) in [6.07, 6.45) is 0. The quantitative estimate of drug-likeness (QED) is 0.227. The van der Waals surface area contributed by atoms with E-state index in [4.69, 9.17) is 17.0 Å². The van der Waals surface area contributed by atoms with Crippen LogP contribution in [0.1, 0.15) is 10.4 Å². The standard InChI is InChI=1S/C29H20BrN5O2S/c1-37-27-22(15-18-8-3-5-11-21(18)26(27)30)28(36)32-29(38)31-19-13-14-23-24(16-19)34-35(33-23)25-12-6-9-17-7-2-4-10-20(17)25/h2-16H,1H3,(H2,31,32,36,38). The minimum atomic E-state index is -0.381. The molecule has 0 saturated heterocycles. The number of methoxy groups -OCH3 is 1. The summed E-state index contributed by atoms with van der Waals surface area (Å²) in [5, 5.41) is 19.3. The molecule has 0 aliphatic heterocycles. The lowest BCUT2D eigenvalue weighted by molar-refractivity contribution is 0.0975. The highest BCUT2D eigenvalue weighted by Gasteiger charge is 2.19. The lowest BCUT2D eigenvalue weighted by Crippen LogP contribution is -2.34. The molecule has 0 aliphatic rings. The predicted molar refractivity (Wildman–Crippen MR) is 158 cm³/mol. The highest BCUT2D eigenvalue weighted by Crippen LogP contribution is 2.36. The lowest BCUT2D eigenvalue weighted by atomic mass is 10.1. The van der Waals surface area contributed by atoms with Gasteiger partial charge in [0.05, 0.1) is 22.8 Å². The third kappa shape index (κ3) is 4.36. The number of amides is 1. The average Bonchev–Trinajstić information content (AvgIpc) is 3.36. The summed E-state index contributed by atoms with van der Waals surface area (Å²) in [6, 6.07) is 29.2. The SMILES string of the molecule is COc1c(C(=O)NC(=S)Nc2ccc3nn(-c4cccc5ccccc45)nc3c2)cc2ccccc2c1Br. The van der Waals surface area contributed by atoms with Gasteiger partial charge in [0.25, 0.3) is 5.91 Å². The van der Waals surface area contributed by atoms with Crippen molar-refractivity contribution in [2.24, 2.45) is 0 Å². The van der Waals surface area contributed by atoms with Gasteiger partial charge in [-0.25, -0.2) is 0 Å². The summed E-state index contributed by atoms with van der Waals surface area (Å²) in [4.78, 5) is 14.8. The van der Waals surface area contributed by atoms with Crippen molar-refractivity contribution in [2.75, 3.05) is 12.4 Å². The van der Waals surface area contributed by atoms with Gasteiger partial charge in [-0.3, -0.25) is 10.1 Å². The first-order chi connectivity index (χ1) is 18.5. The fraction of sp³-hybridized carbons (Fsp3) is 0.0345. The molecular weight excluding hydrogens is 562 g/mol. The number of thiocarbonyl (C=S) groups is 1. The molecule has 186 valence electrons. The zero-order valence-corrected chi connectivity index (χ0v) is 22.5. The Morgan fingerprint density at radius 1 is 0.868 bits per heavy atom. The number of nitrogens with zero attached hydrogens (tertiary/aromatic N) is 3. The molecule has 0 spiro atoms. The van der Waals surface area contributed by atoms with Gasteiger partial charge in [-0.15, -0.1) is 15.0 Å². The molecule has 0 saturated carbocycles. The molecule has 0 unspecified atom stereocenters. The number of benzene rings is 5. The topological polar surface area (TPSA) is 81.1 Å². The van der Waals surface area contributed by atoms with Crippen molar-refractivity contribution in [3.8, 4) is 11.4 Å². The summed E-state index contributed by atoms with van der Waals surface area (Å²) in [7, 11) is 1.53. The number of rotatable bonds is 4. The fourth-order valence-electron chi connectivity index (χ4n) is 4.47. The van der Waals surface area contributed by atoms with Gasteiger partial charge in [0, 0.05) is 11.1 Å². The van der Waals surface area contributed by atoms with Crippen molar-refractivity contribution in [2.45, 2.75) is 0 Å². The van der Waals surface area contributed by atoms with E-state index in [1.807, 2.05) is 66.7 Å². The van der Waals surface area contributed by atoms with Crippen LogP contribution in [0.25, 0.3) is 38.3 Å². The second-order valence-electron chi connectivity index (χ2n) is 8.59. The van der Waals surface area contributed by atoms with E-state index in [0.29, 0.717) is 27.0 Å². The number of carbonyl (C=O) groups is 1. The lowest BCUT2D eigenvalue weighted by Gasteiger charge is -2.14. The molecule has 0 bridgehead atoms. The van der Waals surface area contributed by atoms with E-state index in [-0.39, 0.29) is 11.0 Å². The van der Waals surface area contributed by atoms with Gasteiger partial charge in [-0.2, -0.15) is 0 Å². The van der Waals surface area contributed by atoms with Crippen LogP contribution in [0.4, 0.5) is 5.69 Å². The van der Waals surface area contributed by atoms with Crippen LogP contribution in [0.3, 0.4) is 0 Å². The van der Waals surface area contributed by atoms with E-state index in [1.54, 1.807) is 10.9 Å².